The Labute approximate surface area is 125 Å². The highest BCUT2D eigenvalue weighted by molar-refractivity contribution is 5.30. The number of hydrogen-bond acceptors (Lipinski definition) is 3. The van der Waals surface area contributed by atoms with Crippen LogP contribution >= 0.6 is 0 Å². The molecule has 0 amide bonds. The fraction of sp³-hybridized carbons (Fsp3) is 0.438. The fourth-order valence-corrected chi connectivity index (χ4v) is 2.17. The van der Waals surface area contributed by atoms with Crippen LogP contribution in [0.3, 0.4) is 0 Å². The van der Waals surface area contributed by atoms with Crippen molar-refractivity contribution in [3.05, 3.63) is 47.8 Å². The molecule has 0 spiro atoms. The van der Waals surface area contributed by atoms with E-state index in [-0.39, 0.29) is 11.9 Å². The largest absolute Gasteiger partial charge is 0.487 e. The minimum atomic E-state index is -0.253. The lowest BCUT2D eigenvalue weighted by Gasteiger charge is -2.13. The van der Waals surface area contributed by atoms with Crippen molar-refractivity contribution in [1.82, 2.24) is 14.9 Å². The predicted molar refractivity (Wildman–Crippen MR) is 80.7 cm³/mol. The van der Waals surface area contributed by atoms with Gasteiger partial charge in [-0.15, -0.1) is 0 Å². The molecule has 1 aromatic heterocycles. The fourth-order valence-electron chi connectivity index (χ4n) is 2.17. The van der Waals surface area contributed by atoms with Gasteiger partial charge in [0.2, 0.25) is 0 Å². The van der Waals surface area contributed by atoms with E-state index in [4.69, 9.17) is 4.74 Å². The Kier molecular flexibility index (Phi) is 5.33. The van der Waals surface area contributed by atoms with Crippen LogP contribution in [0.2, 0.25) is 0 Å². The van der Waals surface area contributed by atoms with E-state index in [9.17, 15) is 4.39 Å². The quantitative estimate of drug-likeness (QED) is 0.851. The van der Waals surface area contributed by atoms with E-state index < -0.39 is 0 Å². The van der Waals surface area contributed by atoms with Gasteiger partial charge in [0, 0.05) is 24.2 Å². The molecule has 114 valence electrons. The Balaban J connectivity index is 2.03. The van der Waals surface area contributed by atoms with Gasteiger partial charge in [-0.1, -0.05) is 13.0 Å². The van der Waals surface area contributed by atoms with E-state index in [1.54, 1.807) is 24.7 Å². The number of benzene rings is 1. The van der Waals surface area contributed by atoms with Gasteiger partial charge < -0.3 is 14.6 Å². The first-order valence-electron chi connectivity index (χ1n) is 7.24. The van der Waals surface area contributed by atoms with Gasteiger partial charge in [-0.05, 0) is 26.5 Å². The number of aryl methyl sites for hydroxylation is 1. The molecule has 2 rings (SSSR count). The lowest BCUT2D eigenvalue weighted by atomic mass is 10.1. The molecular weight excluding hydrogens is 269 g/mol. The van der Waals surface area contributed by atoms with Gasteiger partial charge in [0.1, 0.15) is 18.2 Å². The zero-order valence-corrected chi connectivity index (χ0v) is 12.8. The van der Waals surface area contributed by atoms with Crippen molar-refractivity contribution in [2.24, 2.45) is 0 Å². The third-order valence-corrected chi connectivity index (χ3v) is 3.52. The maximum absolute atomic E-state index is 14.0. The maximum Gasteiger partial charge on any atom is 0.131 e. The molecule has 0 aliphatic rings. The van der Waals surface area contributed by atoms with Crippen molar-refractivity contribution in [2.45, 2.75) is 39.5 Å². The van der Waals surface area contributed by atoms with E-state index in [2.05, 4.69) is 17.2 Å². The van der Waals surface area contributed by atoms with E-state index in [0.29, 0.717) is 17.9 Å². The number of aromatic nitrogens is 2. The molecule has 4 nitrogen and oxygen atoms in total. The van der Waals surface area contributed by atoms with Crippen LogP contribution in [-0.2, 0) is 13.2 Å². The van der Waals surface area contributed by atoms with Gasteiger partial charge in [0.25, 0.3) is 0 Å². The third-order valence-electron chi connectivity index (χ3n) is 3.52. The van der Waals surface area contributed by atoms with Gasteiger partial charge >= 0.3 is 0 Å². The summed E-state index contributed by atoms with van der Waals surface area (Å²) in [6, 6.07) is 4.97. The van der Waals surface area contributed by atoms with Gasteiger partial charge in [-0.3, -0.25) is 0 Å². The molecule has 0 aliphatic carbocycles. The number of nitrogens with one attached hydrogen (secondary N) is 1. The number of ether oxygens (including phenoxy) is 1. The summed E-state index contributed by atoms with van der Waals surface area (Å²) in [5.41, 5.74) is 1.63. The lowest BCUT2D eigenvalue weighted by Crippen LogP contribution is -2.14. The van der Waals surface area contributed by atoms with Crippen molar-refractivity contribution < 1.29 is 9.13 Å². The minimum Gasteiger partial charge on any atom is -0.487 e. The number of imidazole rings is 1. The van der Waals surface area contributed by atoms with Crippen LogP contribution < -0.4 is 10.1 Å². The molecular formula is C16H22FN3O. The van der Waals surface area contributed by atoms with Gasteiger partial charge in [0.05, 0.1) is 18.2 Å². The molecule has 1 unspecified atom stereocenters. The maximum atomic E-state index is 14.0. The highest BCUT2D eigenvalue weighted by Gasteiger charge is 2.10. The average Bonchev–Trinajstić information content (AvgIpc) is 2.92. The summed E-state index contributed by atoms with van der Waals surface area (Å²) in [5.74, 6) is 0.278. The Hall–Kier alpha value is -1.88. The Morgan fingerprint density at radius 1 is 1.43 bits per heavy atom. The molecule has 0 bridgehead atoms. The van der Waals surface area contributed by atoms with Crippen LogP contribution in [0.1, 0.15) is 37.6 Å². The first kappa shape index (κ1) is 15.5. The molecule has 5 heteroatoms. The van der Waals surface area contributed by atoms with E-state index in [0.717, 1.165) is 18.7 Å². The zero-order valence-electron chi connectivity index (χ0n) is 12.8. The minimum absolute atomic E-state index is 0.0231. The standard InChI is InChI=1S/C16H22FN3O/c1-4-7-20-11-19-9-13(20)10-21-14-5-6-15(12(2)18-3)16(17)8-14/h5-6,8-9,11-12,18H,4,7,10H2,1-3H3. The summed E-state index contributed by atoms with van der Waals surface area (Å²) in [7, 11) is 1.81. The second-order valence-electron chi connectivity index (χ2n) is 5.06. The molecule has 1 aromatic carbocycles. The second-order valence-corrected chi connectivity index (χ2v) is 5.06. The van der Waals surface area contributed by atoms with Gasteiger partial charge in [-0.2, -0.15) is 0 Å². The summed E-state index contributed by atoms with van der Waals surface area (Å²) in [4.78, 5) is 4.12. The summed E-state index contributed by atoms with van der Waals surface area (Å²) in [6.45, 7) is 5.33. The van der Waals surface area contributed by atoms with Crippen LogP contribution in [0.15, 0.2) is 30.7 Å². The highest BCUT2D eigenvalue weighted by Crippen LogP contribution is 2.22. The van der Waals surface area contributed by atoms with Crippen LogP contribution in [0.4, 0.5) is 4.39 Å². The third kappa shape index (κ3) is 3.82. The Morgan fingerprint density at radius 2 is 2.24 bits per heavy atom. The molecule has 0 saturated heterocycles. The van der Waals surface area contributed by atoms with Crippen molar-refractivity contribution in [3.8, 4) is 5.75 Å². The first-order chi connectivity index (χ1) is 10.2. The molecule has 2 aromatic rings. The number of hydrogen-bond donors (Lipinski definition) is 1. The van der Waals surface area contributed by atoms with E-state index >= 15 is 0 Å². The molecule has 1 heterocycles. The van der Waals surface area contributed by atoms with Crippen LogP contribution in [0, 0.1) is 5.82 Å². The summed E-state index contributed by atoms with van der Waals surface area (Å²) < 4.78 is 21.7. The first-order valence-corrected chi connectivity index (χ1v) is 7.24. The number of rotatable bonds is 7. The second kappa shape index (κ2) is 7.22. The molecule has 1 N–H and O–H groups in total. The lowest BCUT2D eigenvalue weighted by molar-refractivity contribution is 0.293. The average molecular weight is 291 g/mol. The van der Waals surface area contributed by atoms with Gasteiger partial charge in [0.15, 0.2) is 0 Å². The molecule has 0 radical (unpaired) electrons. The van der Waals surface area contributed by atoms with Gasteiger partial charge in [-0.25, -0.2) is 9.37 Å². The van der Waals surface area contributed by atoms with Crippen LogP contribution in [0.25, 0.3) is 0 Å². The van der Waals surface area contributed by atoms with Crippen LogP contribution in [-0.4, -0.2) is 16.6 Å². The normalized spacial score (nSPS) is 12.4. The summed E-state index contributed by atoms with van der Waals surface area (Å²) in [5, 5.41) is 3.02. The molecule has 21 heavy (non-hydrogen) atoms. The molecule has 0 fully saturated rings. The van der Waals surface area contributed by atoms with Crippen molar-refractivity contribution >= 4 is 0 Å². The smallest absolute Gasteiger partial charge is 0.131 e. The summed E-state index contributed by atoms with van der Waals surface area (Å²) in [6.07, 6.45) is 4.61. The monoisotopic (exact) mass is 291 g/mol. The SMILES string of the molecule is CCCn1cncc1COc1ccc(C(C)NC)c(F)c1. The van der Waals surface area contributed by atoms with Crippen molar-refractivity contribution in [1.29, 1.82) is 0 Å². The van der Waals surface area contributed by atoms with Crippen LogP contribution in [0.5, 0.6) is 5.75 Å². The molecule has 1 atom stereocenters. The molecule has 0 saturated carbocycles. The topological polar surface area (TPSA) is 39.1 Å². The zero-order chi connectivity index (χ0) is 15.2. The summed E-state index contributed by atoms with van der Waals surface area (Å²) >= 11 is 0. The number of nitrogens with zero attached hydrogens (tertiary/aromatic N) is 2. The Morgan fingerprint density at radius 3 is 2.90 bits per heavy atom. The molecule has 0 aliphatic heterocycles. The Bertz CT molecular complexity index is 583. The highest BCUT2D eigenvalue weighted by atomic mass is 19.1. The van der Waals surface area contributed by atoms with E-state index in [1.807, 2.05) is 18.5 Å². The number of halogens is 1. The van der Waals surface area contributed by atoms with Crippen molar-refractivity contribution in [2.75, 3.05) is 7.05 Å². The predicted octanol–water partition coefficient (Wildman–Crippen LogP) is 3.29. The van der Waals surface area contributed by atoms with Crippen molar-refractivity contribution in [3.63, 3.8) is 0 Å². The van der Waals surface area contributed by atoms with E-state index in [1.165, 1.54) is 6.07 Å².